The molecule has 0 saturated carbocycles. The summed E-state index contributed by atoms with van der Waals surface area (Å²) in [5, 5.41) is 4.28. The van der Waals surface area contributed by atoms with Gasteiger partial charge in [-0.2, -0.15) is 4.98 Å². The lowest BCUT2D eigenvalue weighted by Crippen LogP contribution is -2.54. The highest BCUT2D eigenvalue weighted by Crippen LogP contribution is 2.24. The molecule has 9 heteroatoms. The van der Waals surface area contributed by atoms with Gasteiger partial charge < -0.3 is 19.9 Å². The summed E-state index contributed by atoms with van der Waals surface area (Å²) in [5.41, 5.74) is 0. The average molecular weight is 527 g/mol. The molecule has 0 bridgehead atoms. The monoisotopic (exact) mass is 526 g/mol. The number of nitrogens with zero attached hydrogens (tertiary/aromatic N) is 5. The molecule has 3 saturated heterocycles. The Morgan fingerprint density at radius 1 is 0.946 bits per heavy atom. The zero-order chi connectivity index (χ0) is 25.5. The SMILES string of the molecule is O=C(COc1ccc(Cl)cc1)N1CCCC(N2CCCC(Nc3nccc(N4CCCCCC4)n3)C2)C1. The van der Waals surface area contributed by atoms with Crippen LogP contribution < -0.4 is 15.0 Å². The van der Waals surface area contributed by atoms with E-state index in [4.69, 9.17) is 21.3 Å². The molecule has 3 aliphatic heterocycles. The molecule has 1 aromatic heterocycles. The summed E-state index contributed by atoms with van der Waals surface area (Å²) in [7, 11) is 0. The second-order valence-corrected chi connectivity index (χ2v) is 10.9. The van der Waals surface area contributed by atoms with E-state index in [0.717, 1.165) is 76.7 Å². The zero-order valence-electron chi connectivity index (χ0n) is 21.7. The maximum absolute atomic E-state index is 12.9. The number of anilines is 2. The van der Waals surface area contributed by atoms with Crippen LogP contribution in [0, 0.1) is 0 Å². The van der Waals surface area contributed by atoms with Gasteiger partial charge in [-0.05, 0) is 75.4 Å². The van der Waals surface area contributed by atoms with Gasteiger partial charge >= 0.3 is 0 Å². The van der Waals surface area contributed by atoms with Crippen molar-refractivity contribution in [3.63, 3.8) is 0 Å². The molecule has 1 amide bonds. The molecule has 200 valence electrons. The number of benzene rings is 1. The molecule has 0 aliphatic carbocycles. The number of piperidine rings is 2. The molecule has 1 aromatic carbocycles. The third kappa shape index (κ3) is 7.26. The van der Waals surface area contributed by atoms with E-state index in [1.54, 1.807) is 24.3 Å². The van der Waals surface area contributed by atoms with Gasteiger partial charge in [-0.3, -0.25) is 9.69 Å². The third-order valence-electron chi connectivity index (χ3n) is 7.80. The Morgan fingerprint density at radius 2 is 1.73 bits per heavy atom. The summed E-state index contributed by atoms with van der Waals surface area (Å²) >= 11 is 5.94. The predicted molar refractivity (Wildman–Crippen MR) is 147 cm³/mol. The van der Waals surface area contributed by atoms with Crippen molar-refractivity contribution in [1.82, 2.24) is 19.8 Å². The Balaban J connectivity index is 1.13. The van der Waals surface area contributed by atoms with Crippen LogP contribution in [0.5, 0.6) is 5.75 Å². The summed E-state index contributed by atoms with van der Waals surface area (Å²) < 4.78 is 5.71. The summed E-state index contributed by atoms with van der Waals surface area (Å²) in [4.78, 5) is 29.2. The van der Waals surface area contributed by atoms with Crippen LogP contribution in [0.15, 0.2) is 36.5 Å². The van der Waals surface area contributed by atoms with E-state index in [2.05, 4.69) is 20.1 Å². The first-order chi connectivity index (χ1) is 18.1. The van der Waals surface area contributed by atoms with Crippen molar-refractivity contribution in [3.05, 3.63) is 41.6 Å². The molecule has 4 heterocycles. The topological polar surface area (TPSA) is 73.8 Å². The summed E-state index contributed by atoms with van der Waals surface area (Å²) in [6.45, 7) is 5.79. The van der Waals surface area contributed by atoms with Gasteiger partial charge in [0.2, 0.25) is 5.95 Å². The van der Waals surface area contributed by atoms with Crippen LogP contribution in [0.1, 0.15) is 51.4 Å². The highest BCUT2D eigenvalue weighted by atomic mass is 35.5. The molecular weight excluding hydrogens is 488 g/mol. The molecule has 3 aliphatic rings. The molecule has 5 rings (SSSR count). The van der Waals surface area contributed by atoms with Crippen molar-refractivity contribution < 1.29 is 9.53 Å². The van der Waals surface area contributed by atoms with Gasteiger partial charge in [-0.15, -0.1) is 0 Å². The molecular formula is C28H39ClN6O2. The van der Waals surface area contributed by atoms with Gasteiger partial charge in [-0.25, -0.2) is 4.98 Å². The van der Waals surface area contributed by atoms with Crippen LogP contribution in [0.2, 0.25) is 5.02 Å². The Labute approximate surface area is 225 Å². The summed E-state index contributed by atoms with van der Waals surface area (Å²) in [6.07, 6.45) is 11.4. The molecule has 1 N–H and O–H groups in total. The summed E-state index contributed by atoms with van der Waals surface area (Å²) in [5.74, 6) is 2.48. The number of amides is 1. The molecule has 2 aromatic rings. The molecule has 37 heavy (non-hydrogen) atoms. The fourth-order valence-electron chi connectivity index (χ4n) is 5.78. The van der Waals surface area contributed by atoms with E-state index in [9.17, 15) is 4.79 Å². The second-order valence-electron chi connectivity index (χ2n) is 10.5. The van der Waals surface area contributed by atoms with Gasteiger partial charge in [-0.1, -0.05) is 24.4 Å². The number of likely N-dealkylation sites (tertiary alicyclic amines) is 2. The number of aromatic nitrogens is 2. The molecule has 2 unspecified atom stereocenters. The number of carbonyl (C=O) groups excluding carboxylic acids is 1. The van der Waals surface area contributed by atoms with E-state index in [1.807, 2.05) is 17.2 Å². The van der Waals surface area contributed by atoms with Gasteiger partial charge in [0.05, 0.1) is 0 Å². The maximum Gasteiger partial charge on any atom is 0.260 e. The molecule has 0 spiro atoms. The lowest BCUT2D eigenvalue weighted by Gasteiger charge is -2.43. The third-order valence-corrected chi connectivity index (χ3v) is 8.05. The van der Waals surface area contributed by atoms with Crippen molar-refractivity contribution in [2.75, 3.05) is 56.1 Å². The van der Waals surface area contributed by atoms with E-state index < -0.39 is 0 Å². The second kappa shape index (κ2) is 12.8. The highest BCUT2D eigenvalue weighted by Gasteiger charge is 2.31. The minimum Gasteiger partial charge on any atom is -0.484 e. The van der Waals surface area contributed by atoms with Crippen molar-refractivity contribution >= 4 is 29.3 Å². The Morgan fingerprint density at radius 3 is 2.54 bits per heavy atom. The van der Waals surface area contributed by atoms with Crippen LogP contribution >= 0.6 is 11.6 Å². The fraction of sp³-hybridized carbons (Fsp3) is 0.607. The van der Waals surface area contributed by atoms with Crippen LogP contribution in [-0.2, 0) is 4.79 Å². The minimum atomic E-state index is 0.0464. The fourth-order valence-corrected chi connectivity index (χ4v) is 5.91. The van der Waals surface area contributed by atoms with Crippen LogP contribution in [0.3, 0.4) is 0 Å². The van der Waals surface area contributed by atoms with E-state index >= 15 is 0 Å². The molecule has 0 radical (unpaired) electrons. The number of nitrogens with one attached hydrogen (secondary N) is 1. The standard InChI is InChI=1S/C28H39ClN6O2/c29-22-9-11-25(12-10-22)37-21-27(36)35-18-6-8-24(20-35)34-17-5-7-23(19-34)31-28-30-14-13-26(32-28)33-15-3-1-2-4-16-33/h9-14,23-24H,1-8,15-21H2,(H,30,31,32). The van der Waals surface area contributed by atoms with Crippen molar-refractivity contribution in [2.45, 2.75) is 63.5 Å². The maximum atomic E-state index is 12.9. The molecule has 3 fully saturated rings. The first-order valence-corrected chi connectivity index (χ1v) is 14.3. The highest BCUT2D eigenvalue weighted by molar-refractivity contribution is 6.30. The minimum absolute atomic E-state index is 0.0464. The van der Waals surface area contributed by atoms with E-state index in [1.165, 1.54) is 25.7 Å². The molecule has 8 nitrogen and oxygen atoms in total. The summed E-state index contributed by atoms with van der Waals surface area (Å²) in [6, 6.07) is 9.86. The van der Waals surface area contributed by atoms with Crippen LogP contribution in [0.4, 0.5) is 11.8 Å². The first kappa shape index (κ1) is 26.0. The Bertz CT molecular complexity index is 1010. The largest absolute Gasteiger partial charge is 0.484 e. The van der Waals surface area contributed by atoms with E-state index in [-0.39, 0.29) is 12.5 Å². The predicted octanol–water partition coefficient (Wildman–Crippen LogP) is 4.46. The number of hydrogen-bond donors (Lipinski definition) is 1. The number of carbonyl (C=O) groups is 1. The number of rotatable bonds is 7. The first-order valence-electron chi connectivity index (χ1n) is 13.9. The Kier molecular flexibility index (Phi) is 9.00. The average Bonchev–Trinajstić information content (AvgIpc) is 3.23. The van der Waals surface area contributed by atoms with Crippen molar-refractivity contribution in [2.24, 2.45) is 0 Å². The van der Waals surface area contributed by atoms with Crippen molar-refractivity contribution in [3.8, 4) is 5.75 Å². The lowest BCUT2D eigenvalue weighted by atomic mass is 9.98. The number of halogens is 1. The number of hydrogen-bond acceptors (Lipinski definition) is 7. The van der Waals surface area contributed by atoms with Gasteiger partial charge in [0.1, 0.15) is 11.6 Å². The van der Waals surface area contributed by atoms with Gasteiger partial charge in [0.15, 0.2) is 6.61 Å². The zero-order valence-corrected chi connectivity index (χ0v) is 22.4. The molecule has 2 atom stereocenters. The van der Waals surface area contributed by atoms with Gasteiger partial charge in [0.25, 0.3) is 5.91 Å². The smallest absolute Gasteiger partial charge is 0.260 e. The van der Waals surface area contributed by atoms with Gasteiger partial charge in [0, 0.05) is 56.0 Å². The number of ether oxygens (including phenoxy) is 1. The van der Waals surface area contributed by atoms with Crippen LogP contribution in [0.25, 0.3) is 0 Å². The Hall–Kier alpha value is -2.58. The lowest BCUT2D eigenvalue weighted by molar-refractivity contribution is -0.135. The quantitative estimate of drug-likeness (QED) is 0.571. The normalized spacial score (nSPS) is 23.4. The van der Waals surface area contributed by atoms with Crippen molar-refractivity contribution in [1.29, 1.82) is 0 Å². The van der Waals surface area contributed by atoms with E-state index in [0.29, 0.717) is 22.9 Å². The van der Waals surface area contributed by atoms with Crippen LogP contribution in [-0.4, -0.2) is 83.6 Å².